The highest BCUT2D eigenvalue weighted by Crippen LogP contribution is 2.22. The number of hydrazone groups is 1. The van der Waals surface area contributed by atoms with Crippen LogP contribution < -0.4 is 14.9 Å². The third-order valence-electron chi connectivity index (χ3n) is 4.42. The van der Waals surface area contributed by atoms with Crippen LogP contribution in [0.3, 0.4) is 0 Å². The molecule has 0 amide bonds. The number of nitrogens with one attached hydrogen (secondary N) is 1. The molecule has 0 fully saturated rings. The van der Waals surface area contributed by atoms with Crippen LogP contribution in [0.1, 0.15) is 11.1 Å². The van der Waals surface area contributed by atoms with Gasteiger partial charge in [0.05, 0.1) is 30.0 Å². The molecule has 0 aliphatic heterocycles. The lowest BCUT2D eigenvalue weighted by molar-refractivity contribution is -0.384. The van der Waals surface area contributed by atoms with Gasteiger partial charge >= 0.3 is 0 Å². The fourth-order valence-corrected chi connectivity index (χ4v) is 3.20. The van der Waals surface area contributed by atoms with Gasteiger partial charge in [-0.25, -0.2) is 0 Å². The number of hydrogen-bond donors (Lipinski definition) is 1. The zero-order valence-electron chi connectivity index (χ0n) is 18.1. The number of ether oxygens (including phenoxy) is 3. The summed E-state index contributed by atoms with van der Waals surface area (Å²) >= 11 is 3.45. The van der Waals surface area contributed by atoms with E-state index in [1.54, 1.807) is 18.3 Å². The van der Waals surface area contributed by atoms with Crippen molar-refractivity contribution in [2.75, 3.05) is 31.9 Å². The van der Waals surface area contributed by atoms with E-state index in [-0.39, 0.29) is 5.69 Å². The second-order valence-corrected chi connectivity index (χ2v) is 7.90. The molecule has 0 bridgehead atoms. The fourth-order valence-electron chi connectivity index (χ4n) is 2.82. The van der Waals surface area contributed by atoms with Crippen molar-refractivity contribution in [3.63, 3.8) is 0 Å². The quantitative estimate of drug-likeness (QED) is 0.147. The van der Waals surface area contributed by atoms with Crippen molar-refractivity contribution in [1.29, 1.82) is 0 Å². The van der Waals surface area contributed by atoms with Crippen molar-refractivity contribution < 1.29 is 19.1 Å². The number of non-ortho nitro benzene ring substituents is 1. The fraction of sp³-hybridized carbons (Fsp3) is 0.208. The van der Waals surface area contributed by atoms with Crippen LogP contribution in [-0.4, -0.2) is 37.6 Å². The van der Waals surface area contributed by atoms with Crippen molar-refractivity contribution in [2.45, 2.75) is 6.92 Å². The SMILES string of the molecule is Cc1cccc(OCCOCCOc2ccc(Br)cc2/C=N/Nc2ccc([N+](=O)[O-])cc2)c1. The van der Waals surface area contributed by atoms with Crippen molar-refractivity contribution in [1.82, 2.24) is 0 Å². The molecule has 0 unspecified atom stereocenters. The molecule has 3 aromatic carbocycles. The first-order valence-electron chi connectivity index (χ1n) is 10.2. The minimum Gasteiger partial charge on any atom is -0.491 e. The zero-order chi connectivity index (χ0) is 23.5. The molecule has 0 atom stereocenters. The lowest BCUT2D eigenvalue weighted by atomic mass is 10.2. The standard InChI is InChI=1S/C24H24BrN3O5/c1-18-3-2-4-23(15-18)32-13-11-31-12-14-33-24-10-5-20(25)16-19(24)17-26-27-21-6-8-22(9-7-21)28(29)30/h2-10,15-17,27H,11-14H2,1H3/b26-17+. The Kier molecular flexibility index (Phi) is 9.22. The van der Waals surface area contributed by atoms with Gasteiger partial charge in [0.25, 0.3) is 5.69 Å². The number of benzene rings is 3. The van der Waals surface area contributed by atoms with Gasteiger partial charge in [-0.3, -0.25) is 15.5 Å². The molecule has 0 aliphatic rings. The first kappa shape index (κ1) is 24.2. The molecule has 9 heteroatoms. The second kappa shape index (κ2) is 12.6. The van der Waals surface area contributed by atoms with Gasteiger partial charge in [-0.15, -0.1) is 0 Å². The first-order chi connectivity index (χ1) is 16.0. The zero-order valence-corrected chi connectivity index (χ0v) is 19.7. The third kappa shape index (κ3) is 8.21. The smallest absolute Gasteiger partial charge is 0.269 e. The maximum atomic E-state index is 10.7. The Hall–Kier alpha value is -3.43. The molecular formula is C24H24BrN3O5. The van der Waals surface area contributed by atoms with Crippen molar-refractivity contribution in [2.24, 2.45) is 5.10 Å². The molecule has 0 heterocycles. The van der Waals surface area contributed by atoms with E-state index >= 15 is 0 Å². The van der Waals surface area contributed by atoms with Gasteiger partial charge in [0.1, 0.15) is 24.7 Å². The van der Waals surface area contributed by atoms with Gasteiger partial charge in [0.15, 0.2) is 0 Å². The number of nitrogens with zero attached hydrogens (tertiary/aromatic N) is 2. The van der Waals surface area contributed by atoms with Crippen LogP contribution in [0, 0.1) is 17.0 Å². The minimum atomic E-state index is -0.445. The monoisotopic (exact) mass is 513 g/mol. The van der Waals surface area contributed by atoms with Gasteiger partial charge in [-0.1, -0.05) is 28.1 Å². The van der Waals surface area contributed by atoms with Gasteiger partial charge in [0.2, 0.25) is 0 Å². The Morgan fingerprint density at radius 2 is 1.76 bits per heavy atom. The normalized spacial score (nSPS) is 10.8. The molecule has 172 valence electrons. The van der Waals surface area contributed by atoms with Gasteiger partial charge in [-0.05, 0) is 55.0 Å². The van der Waals surface area contributed by atoms with E-state index in [9.17, 15) is 10.1 Å². The number of halogens is 1. The summed E-state index contributed by atoms with van der Waals surface area (Å²) in [6.07, 6.45) is 1.62. The lowest BCUT2D eigenvalue weighted by Gasteiger charge is -2.11. The molecule has 8 nitrogen and oxygen atoms in total. The lowest BCUT2D eigenvalue weighted by Crippen LogP contribution is -2.12. The summed E-state index contributed by atoms with van der Waals surface area (Å²) < 4.78 is 18.0. The van der Waals surface area contributed by atoms with E-state index in [0.717, 1.165) is 21.3 Å². The van der Waals surface area contributed by atoms with Crippen LogP contribution in [0.25, 0.3) is 0 Å². The van der Waals surface area contributed by atoms with E-state index in [0.29, 0.717) is 37.9 Å². The number of nitro benzene ring substituents is 1. The maximum absolute atomic E-state index is 10.7. The largest absolute Gasteiger partial charge is 0.491 e. The van der Waals surface area contributed by atoms with E-state index in [1.807, 2.05) is 49.4 Å². The molecule has 0 saturated heterocycles. The van der Waals surface area contributed by atoms with Crippen LogP contribution in [0.4, 0.5) is 11.4 Å². The van der Waals surface area contributed by atoms with Crippen LogP contribution in [0.15, 0.2) is 76.3 Å². The number of anilines is 1. The van der Waals surface area contributed by atoms with Crippen LogP contribution in [0.2, 0.25) is 0 Å². The Labute approximate surface area is 200 Å². The summed E-state index contributed by atoms with van der Waals surface area (Å²) in [6.45, 7) is 3.75. The van der Waals surface area contributed by atoms with E-state index in [1.165, 1.54) is 12.1 Å². The average Bonchev–Trinajstić information content (AvgIpc) is 2.80. The molecular weight excluding hydrogens is 490 g/mol. The van der Waals surface area contributed by atoms with E-state index in [2.05, 4.69) is 26.5 Å². The highest BCUT2D eigenvalue weighted by molar-refractivity contribution is 9.10. The first-order valence-corrected chi connectivity index (χ1v) is 11.0. The molecule has 1 N–H and O–H groups in total. The topological polar surface area (TPSA) is 95.2 Å². The summed E-state index contributed by atoms with van der Waals surface area (Å²) in [5, 5.41) is 14.9. The van der Waals surface area contributed by atoms with Crippen LogP contribution in [0.5, 0.6) is 11.5 Å². The number of nitro groups is 1. The highest BCUT2D eigenvalue weighted by Gasteiger charge is 2.05. The third-order valence-corrected chi connectivity index (χ3v) is 4.91. The van der Waals surface area contributed by atoms with Crippen molar-refractivity contribution >= 4 is 33.5 Å². The van der Waals surface area contributed by atoms with Crippen molar-refractivity contribution in [3.05, 3.63) is 92.4 Å². The Morgan fingerprint density at radius 1 is 1.00 bits per heavy atom. The number of rotatable bonds is 12. The second-order valence-electron chi connectivity index (χ2n) is 6.98. The van der Waals surface area contributed by atoms with E-state index < -0.39 is 4.92 Å². The summed E-state index contributed by atoms with van der Waals surface area (Å²) in [5.74, 6) is 1.49. The Balaban J connectivity index is 1.43. The van der Waals surface area contributed by atoms with Crippen LogP contribution >= 0.6 is 15.9 Å². The molecule has 0 aromatic heterocycles. The Morgan fingerprint density at radius 3 is 2.48 bits per heavy atom. The molecule has 0 aliphatic carbocycles. The summed E-state index contributed by atoms with van der Waals surface area (Å²) in [7, 11) is 0. The molecule has 3 rings (SSSR count). The van der Waals surface area contributed by atoms with Gasteiger partial charge in [-0.2, -0.15) is 5.10 Å². The van der Waals surface area contributed by atoms with Crippen LogP contribution in [-0.2, 0) is 4.74 Å². The van der Waals surface area contributed by atoms with Crippen molar-refractivity contribution in [3.8, 4) is 11.5 Å². The Bertz CT molecular complexity index is 1090. The predicted molar refractivity (Wildman–Crippen MR) is 131 cm³/mol. The molecule has 3 aromatic rings. The van der Waals surface area contributed by atoms with E-state index in [4.69, 9.17) is 14.2 Å². The molecule has 0 spiro atoms. The summed E-state index contributed by atoms with van der Waals surface area (Å²) in [6, 6.07) is 19.5. The molecule has 33 heavy (non-hydrogen) atoms. The number of hydrogen-bond acceptors (Lipinski definition) is 7. The average molecular weight is 514 g/mol. The van der Waals surface area contributed by atoms with Gasteiger partial charge < -0.3 is 14.2 Å². The number of aryl methyl sites for hydroxylation is 1. The van der Waals surface area contributed by atoms with Gasteiger partial charge in [0, 0.05) is 22.2 Å². The summed E-state index contributed by atoms with van der Waals surface area (Å²) in [4.78, 5) is 10.3. The highest BCUT2D eigenvalue weighted by atomic mass is 79.9. The molecule has 0 saturated carbocycles. The molecule has 0 radical (unpaired) electrons. The predicted octanol–water partition coefficient (Wildman–Crippen LogP) is 5.59. The minimum absolute atomic E-state index is 0.0242. The maximum Gasteiger partial charge on any atom is 0.269 e. The summed E-state index contributed by atoms with van der Waals surface area (Å²) in [5.41, 5.74) is 5.43.